The number of rotatable bonds is 0. The van der Waals surface area contributed by atoms with Gasteiger partial charge in [-0.1, -0.05) is 75.4 Å². The van der Waals surface area contributed by atoms with Crippen molar-refractivity contribution in [1.29, 1.82) is 0 Å². The van der Waals surface area contributed by atoms with Crippen LogP contribution in [0.1, 0.15) is 26.3 Å². The van der Waals surface area contributed by atoms with Crippen molar-refractivity contribution < 1.29 is 4.42 Å². The zero-order valence-electron chi connectivity index (χ0n) is 16.3. The molecule has 0 saturated heterocycles. The molecule has 0 atom stereocenters. The van der Waals surface area contributed by atoms with Gasteiger partial charge in [0.25, 0.3) is 0 Å². The van der Waals surface area contributed by atoms with Gasteiger partial charge in [-0.15, -0.1) is 0 Å². The monoisotopic (exact) mass is 363 g/mol. The minimum atomic E-state index is 0.100. The number of aromatic nitrogens is 1. The molecule has 0 bridgehead atoms. The van der Waals surface area contributed by atoms with Crippen LogP contribution in [-0.2, 0) is 5.41 Å². The van der Waals surface area contributed by atoms with Crippen LogP contribution in [0, 0.1) is 0 Å². The van der Waals surface area contributed by atoms with E-state index in [1.54, 1.807) is 0 Å². The van der Waals surface area contributed by atoms with Crippen LogP contribution in [-0.4, -0.2) is 4.98 Å². The highest BCUT2D eigenvalue weighted by Crippen LogP contribution is 2.43. The van der Waals surface area contributed by atoms with Crippen LogP contribution >= 0.6 is 0 Å². The van der Waals surface area contributed by atoms with Crippen molar-refractivity contribution in [3.8, 4) is 0 Å². The Labute approximate surface area is 162 Å². The third-order valence-electron chi connectivity index (χ3n) is 5.96. The number of aromatic amines is 1. The molecule has 4 aromatic carbocycles. The van der Waals surface area contributed by atoms with E-state index in [4.69, 9.17) is 4.42 Å². The molecule has 0 aliphatic carbocycles. The third-order valence-corrected chi connectivity index (χ3v) is 5.96. The SMILES string of the molecule is CC(C)(C)c1ccc2[nH]c3c(oc4c5ccccc5c5ccccc5c34)c2c1. The van der Waals surface area contributed by atoms with Crippen molar-refractivity contribution in [2.75, 3.05) is 0 Å². The summed E-state index contributed by atoms with van der Waals surface area (Å²) in [4.78, 5) is 3.64. The lowest BCUT2D eigenvalue weighted by molar-refractivity contribution is 0.591. The molecule has 0 unspecified atom stereocenters. The van der Waals surface area contributed by atoms with E-state index in [1.807, 2.05) is 0 Å². The standard InChI is InChI=1S/C26H21NO/c1-26(2,3)15-12-13-21-20(14-15)25-23(27-21)22-18-10-6-4-8-16(18)17-9-5-7-11-19(17)24(22)28-25/h4-14,27H,1-3H3. The van der Waals surface area contributed by atoms with Crippen LogP contribution in [0.15, 0.2) is 71.1 Å². The number of benzene rings is 4. The van der Waals surface area contributed by atoms with E-state index in [2.05, 4.69) is 92.5 Å². The van der Waals surface area contributed by atoms with Gasteiger partial charge < -0.3 is 9.40 Å². The molecule has 2 heteroatoms. The van der Waals surface area contributed by atoms with Gasteiger partial charge in [-0.05, 0) is 39.3 Å². The first kappa shape index (κ1) is 15.8. The molecule has 0 radical (unpaired) electrons. The topological polar surface area (TPSA) is 28.9 Å². The lowest BCUT2D eigenvalue weighted by atomic mass is 9.86. The second kappa shape index (κ2) is 5.17. The largest absolute Gasteiger partial charge is 0.453 e. The van der Waals surface area contributed by atoms with Gasteiger partial charge in [-0.25, -0.2) is 0 Å². The van der Waals surface area contributed by atoms with Gasteiger partial charge in [0.05, 0.1) is 10.9 Å². The molecule has 2 nitrogen and oxygen atoms in total. The third kappa shape index (κ3) is 1.98. The molecule has 2 heterocycles. The summed E-state index contributed by atoms with van der Waals surface area (Å²) in [5.74, 6) is 0. The Bertz CT molecular complexity index is 1540. The van der Waals surface area contributed by atoms with E-state index in [0.717, 1.165) is 27.6 Å². The van der Waals surface area contributed by atoms with Crippen molar-refractivity contribution in [3.05, 3.63) is 72.3 Å². The van der Waals surface area contributed by atoms with Gasteiger partial charge in [0.1, 0.15) is 5.58 Å². The molecule has 0 saturated carbocycles. The molecular formula is C26H21NO. The maximum absolute atomic E-state index is 6.56. The normalized spacial score (nSPS) is 12.8. The van der Waals surface area contributed by atoms with Crippen LogP contribution in [0.2, 0.25) is 0 Å². The number of furan rings is 1. The van der Waals surface area contributed by atoms with Crippen LogP contribution in [0.5, 0.6) is 0 Å². The molecular weight excluding hydrogens is 342 g/mol. The van der Waals surface area contributed by atoms with E-state index >= 15 is 0 Å². The highest BCUT2D eigenvalue weighted by atomic mass is 16.3. The number of nitrogens with one attached hydrogen (secondary N) is 1. The minimum absolute atomic E-state index is 0.100. The summed E-state index contributed by atoms with van der Waals surface area (Å²) in [6, 6.07) is 23.8. The van der Waals surface area contributed by atoms with E-state index in [-0.39, 0.29) is 5.41 Å². The van der Waals surface area contributed by atoms with Crippen molar-refractivity contribution in [2.24, 2.45) is 0 Å². The highest BCUT2D eigenvalue weighted by Gasteiger charge is 2.20. The lowest BCUT2D eigenvalue weighted by Crippen LogP contribution is -2.10. The molecule has 0 fully saturated rings. The predicted octanol–water partition coefficient (Wildman–Crippen LogP) is 7.67. The lowest BCUT2D eigenvalue weighted by Gasteiger charge is -2.18. The fourth-order valence-electron chi connectivity index (χ4n) is 4.48. The van der Waals surface area contributed by atoms with E-state index in [9.17, 15) is 0 Å². The predicted molar refractivity (Wildman–Crippen MR) is 119 cm³/mol. The minimum Gasteiger partial charge on any atom is -0.453 e. The van der Waals surface area contributed by atoms with Crippen molar-refractivity contribution >= 4 is 54.5 Å². The molecule has 1 N–H and O–H groups in total. The summed E-state index contributed by atoms with van der Waals surface area (Å²) in [6.45, 7) is 6.74. The number of hydrogen-bond donors (Lipinski definition) is 1. The smallest absolute Gasteiger partial charge is 0.161 e. The van der Waals surface area contributed by atoms with Gasteiger partial charge in [0.2, 0.25) is 0 Å². The molecule has 6 rings (SSSR count). The quantitative estimate of drug-likeness (QED) is 0.276. The number of hydrogen-bond acceptors (Lipinski definition) is 1. The molecule has 6 aromatic rings. The first-order valence-electron chi connectivity index (χ1n) is 9.80. The summed E-state index contributed by atoms with van der Waals surface area (Å²) < 4.78 is 6.56. The Kier molecular flexibility index (Phi) is 2.91. The average Bonchev–Trinajstić information content (AvgIpc) is 3.23. The average molecular weight is 363 g/mol. The van der Waals surface area contributed by atoms with Gasteiger partial charge in [0, 0.05) is 16.3 Å². The van der Waals surface area contributed by atoms with Crippen LogP contribution in [0.3, 0.4) is 0 Å². The molecule has 28 heavy (non-hydrogen) atoms. The summed E-state index contributed by atoms with van der Waals surface area (Å²) in [5.41, 5.74) is 5.56. The summed E-state index contributed by atoms with van der Waals surface area (Å²) >= 11 is 0. The zero-order chi connectivity index (χ0) is 19.0. The molecule has 0 aliphatic heterocycles. The Morgan fingerprint density at radius 1 is 0.679 bits per heavy atom. The second-order valence-corrected chi connectivity index (χ2v) is 8.74. The van der Waals surface area contributed by atoms with E-state index in [0.29, 0.717) is 0 Å². The molecule has 0 amide bonds. The van der Waals surface area contributed by atoms with Crippen LogP contribution < -0.4 is 0 Å². The maximum Gasteiger partial charge on any atom is 0.161 e. The zero-order valence-corrected chi connectivity index (χ0v) is 16.3. The summed E-state index contributed by atoms with van der Waals surface area (Å²) in [5, 5.41) is 7.24. The summed E-state index contributed by atoms with van der Waals surface area (Å²) in [7, 11) is 0. The Balaban J connectivity index is 1.87. The first-order chi connectivity index (χ1) is 13.5. The Hall–Kier alpha value is -3.26. The molecule has 0 spiro atoms. The van der Waals surface area contributed by atoms with Gasteiger partial charge in [0.15, 0.2) is 5.58 Å². The second-order valence-electron chi connectivity index (χ2n) is 8.74. The van der Waals surface area contributed by atoms with Crippen molar-refractivity contribution in [3.63, 3.8) is 0 Å². The Morgan fingerprint density at radius 3 is 2.04 bits per heavy atom. The number of H-pyrrole nitrogens is 1. The molecule has 2 aromatic heterocycles. The Morgan fingerprint density at radius 2 is 1.32 bits per heavy atom. The fraction of sp³-hybridized carbons (Fsp3) is 0.154. The highest BCUT2D eigenvalue weighted by molar-refractivity contribution is 6.31. The maximum atomic E-state index is 6.56. The molecule has 0 aliphatic rings. The van der Waals surface area contributed by atoms with Gasteiger partial charge >= 0.3 is 0 Å². The van der Waals surface area contributed by atoms with Gasteiger partial charge in [-0.3, -0.25) is 0 Å². The van der Waals surface area contributed by atoms with E-state index in [1.165, 1.54) is 32.5 Å². The fourth-order valence-corrected chi connectivity index (χ4v) is 4.48. The number of fused-ring (bicyclic) bond motifs is 10. The van der Waals surface area contributed by atoms with Gasteiger partial charge in [-0.2, -0.15) is 0 Å². The van der Waals surface area contributed by atoms with Crippen LogP contribution in [0.4, 0.5) is 0 Å². The van der Waals surface area contributed by atoms with E-state index < -0.39 is 0 Å². The van der Waals surface area contributed by atoms with Crippen molar-refractivity contribution in [2.45, 2.75) is 26.2 Å². The van der Waals surface area contributed by atoms with Crippen LogP contribution in [0.25, 0.3) is 54.5 Å². The van der Waals surface area contributed by atoms with Crippen molar-refractivity contribution in [1.82, 2.24) is 4.98 Å². The first-order valence-corrected chi connectivity index (χ1v) is 9.80. The molecule has 136 valence electrons. The summed E-state index contributed by atoms with van der Waals surface area (Å²) in [6.07, 6.45) is 0.